The summed E-state index contributed by atoms with van der Waals surface area (Å²) in [7, 11) is 0. The number of carbonyl (C=O) groups is 2. The molecule has 0 bridgehead atoms. The van der Waals surface area contributed by atoms with Crippen molar-refractivity contribution in [1.82, 2.24) is 0 Å². The van der Waals surface area contributed by atoms with Gasteiger partial charge in [-0.15, -0.1) is 0 Å². The first-order chi connectivity index (χ1) is 15.9. The highest BCUT2D eigenvalue weighted by molar-refractivity contribution is 6.35. The third-order valence-corrected chi connectivity index (χ3v) is 6.54. The number of hydrogen-bond acceptors (Lipinski definition) is 3. The van der Waals surface area contributed by atoms with Gasteiger partial charge in [0, 0.05) is 21.2 Å². The Balaban J connectivity index is 1.57. The monoisotopic (exact) mass is 501 g/mol. The van der Waals surface area contributed by atoms with Gasteiger partial charge >= 0.3 is 5.97 Å². The van der Waals surface area contributed by atoms with E-state index in [0.717, 1.165) is 28.7 Å². The molecule has 3 aromatic rings. The van der Waals surface area contributed by atoms with Crippen molar-refractivity contribution in [2.45, 2.75) is 32.7 Å². The number of nitrogens with zero attached hydrogens (tertiary/aromatic N) is 1. The van der Waals surface area contributed by atoms with Crippen LogP contribution in [0.15, 0.2) is 54.6 Å². The largest absolute Gasteiger partial charge is 0.466 e. The fraction of sp³-hybridized carbons (Fsp3) is 0.231. The second-order valence-corrected chi connectivity index (χ2v) is 9.10. The van der Waals surface area contributed by atoms with Gasteiger partial charge in [0.05, 0.1) is 30.3 Å². The summed E-state index contributed by atoms with van der Waals surface area (Å²) in [4.78, 5) is 26.9. The first kappa shape index (κ1) is 23.6. The summed E-state index contributed by atoms with van der Waals surface area (Å²) in [5.41, 5.74) is 4.80. The summed E-state index contributed by atoms with van der Waals surface area (Å²) in [5.74, 6) is -0.448. The average molecular weight is 503 g/mol. The minimum absolute atomic E-state index is 0.126. The molecule has 170 valence electrons. The summed E-state index contributed by atoms with van der Waals surface area (Å²) < 4.78 is 4.99. The van der Waals surface area contributed by atoms with E-state index in [1.807, 2.05) is 36.4 Å². The van der Waals surface area contributed by atoms with Crippen LogP contribution in [0.5, 0.6) is 0 Å². The maximum Gasteiger partial charge on any atom is 0.310 e. The van der Waals surface area contributed by atoms with E-state index in [2.05, 4.69) is 0 Å². The van der Waals surface area contributed by atoms with Crippen molar-refractivity contribution >= 4 is 52.4 Å². The SMILES string of the molecule is CCOC(=O)Cc1ccc(N2Cc3c(Cl)ccc(CCc4cccc(Cl)c4)c3C2=O)c(Cl)c1. The second kappa shape index (κ2) is 10.2. The third kappa shape index (κ3) is 5.19. The number of hydrogen-bond donors (Lipinski definition) is 0. The molecule has 4 nitrogen and oxygen atoms in total. The van der Waals surface area contributed by atoms with Crippen LogP contribution in [-0.4, -0.2) is 18.5 Å². The number of anilines is 1. The van der Waals surface area contributed by atoms with Crippen LogP contribution in [0.25, 0.3) is 0 Å². The molecule has 7 heteroatoms. The van der Waals surface area contributed by atoms with E-state index in [1.54, 1.807) is 30.0 Å². The second-order valence-electron chi connectivity index (χ2n) is 7.85. The Morgan fingerprint density at radius 1 is 0.970 bits per heavy atom. The van der Waals surface area contributed by atoms with Gasteiger partial charge in [-0.05, 0) is 66.8 Å². The molecule has 1 amide bonds. The summed E-state index contributed by atoms with van der Waals surface area (Å²) in [6.45, 7) is 2.43. The standard InChI is InChI=1S/C26H22Cl3NO3/c1-2-33-24(31)14-17-7-11-23(22(29)13-17)30-15-20-21(28)10-9-18(25(20)26(30)32)8-6-16-4-3-5-19(27)12-16/h3-5,7,9-13H,2,6,8,14-15H2,1H3. The van der Waals surface area contributed by atoms with E-state index in [4.69, 9.17) is 39.5 Å². The van der Waals surface area contributed by atoms with Gasteiger partial charge < -0.3 is 9.64 Å². The highest BCUT2D eigenvalue weighted by Crippen LogP contribution is 2.38. The van der Waals surface area contributed by atoms with Crippen molar-refractivity contribution in [3.05, 3.63) is 97.5 Å². The van der Waals surface area contributed by atoms with Gasteiger partial charge in [0.25, 0.3) is 5.91 Å². The molecule has 0 saturated carbocycles. The summed E-state index contributed by atoms with van der Waals surface area (Å²) >= 11 is 19.1. The minimum Gasteiger partial charge on any atom is -0.466 e. The van der Waals surface area contributed by atoms with Crippen LogP contribution in [0.4, 0.5) is 5.69 Å². The number of rotatable bonds is 7. The molecular formula is C26H22Cl3NO3. The number of amides is 1. The normalized spacial score (nSPS) is 12.7. The van der Waals surface area contributed by atoms with Crippen LogP contribution in [0, 0.1) is 0 Å². The lowest BCUT2D eigenvalue weighted by atomic mass is 9.97. The number of esters is 1. The molecule has 1 aliphatic heterocycles. The fourth-order valence-electron chi connectivity index (χ4n) is 4.09. The number of fused-ring (bicyclic) bond motifs is 1. The molecule has 33 heavy (non-hydrogen) atoms. The van der Waals surface area contributed by atoms with Gasteiger partial charge in [0.2, 0.25) is 0 Å². The first-order valence-electron chi connectivity index (χ1n) is 10.7. The van der Waals surface area contributed by atoms with E-state index >= 15 is 0 Å². The number of benzene rings is 3. The van der Waals surface area contributed by atoms with E-state index in [9.17, 15) is 9.59 Å². The Bertz CT molecular complexity index is 1230. The molecule has 3 aromatic carbocycles. The van der Waals surface area contributed by atoms with Gasteiger partial charge in [0.1, 0.15) is 0 Å². The lowest BCUT2D eigenvalue weighted by molar-refractivity contribution is -0.142. The summed E-state index contributed by atoms with van der Waals surface area (Å²) in [5, 5.41) is 1.65. The molecule has 0 radical (unpaired) electrons. The predicted molar refractivity (Wildman–Crippen MR) is 133 cm³/mol. The molecule has 0 aromatic heterocycles. The maximum absolute atomic E-state index is 13.4. The van der Waals surface area contributed by atoms with Gasteiger partial charge in [-0.25, -0.2) is 0 Å². The third-order valence-electron chi connectivity index (χ3n) is 5.65. The van der Waals surface area contributed by atoms with Crippen LogP contribution in [0.1, 0.15) is 39.5 Å². The quantitative estimate of drug-likeness (QED) is 0.338. The Labute approximate surface area is 208 Å². The fourth-order valence-corrected chi connectivity index (χ4v) is 4.82. The highest BCUT2D eigenvalue weighted by Gasteiger charge is 2.33. The number of halogens is 3. The Morgan fingerprint density at radius 2 is 1.79 bits per heavy atom. The molecule has 0 unspecified atom stereocenters. The Kier molecular flexibility index (Phi) is 7.28. The molecule has 1 heterocycles. The van der Waals surface area contributed by atoms with Crippen molar-refractivity contribution in [2.75, 3.05) is 11.5 Å². The summed E-state index contributed by atoms with van der Waals surface area (Å²) in [6.07, 6.45) is 1.57. The van der Waals surface area contributed by atoms with E-state index in [-0.39, 0.29) is 18.3 Å². The molecule has 0 saturated heterocycles. The first-order valence-corrected chi connectivity index (χ1v) is 11.8. The van der Waals surface area contributed by atoms with Crippen molar-refractivity contribution in [2.24, 2.45) is 0 Å². The Morgan fingerprint density at radius 3 is 2.52 bits per heavy atom. The van der Waals surface area contributed by atoms with Crippen molar-refractivity contribution < 1.29 is 14.3 Å². The zero-order valence-electron chi connectivity index (χ0n) is 18.0. The Hall–Kier alpha value is -2.53. The lowest BCUT2D eigenvalue weighted by Gasteiger charge is -2.18. The topological polar surface area (TPSA) is 46.6 Å². The van der Waals surface area contributed by atoms with Crippen LogP contribution >= 0.6 is 34.8 Å². The summed E-state index contributed by atoms with van der Waals surface area (Å²) in [6, 6.07) is 16.7. The van der Waals surface area contributed by atoms with Gasteiger partial charge in [-0.3, -0.25) is 9.59 Å². The number of carbonyl (C=O) groups excluding carboxylic acids is 2. The smallest absolute Gasteiger partial charge is 0.310 e. The van der Waals surface area contributed by atoms with Gasteiger partial charge in [-0.1, -0.05) is 59.1 Å². The lowest BCUT2D eigenvalue weighted by Crippen LogP contribution is -2.24. The molecule has 0 aliphatic carbocycles. The number of aryl methyl sites for hydroxylation is 2. The van der Waals surface area contributed by atoms with E-state index in [1.165, 1.54) is 0 Å². The molecular weight excluding hydrogens is 481 g/mol. The maximum atomic E-state index is 13.4. The van der Waals surface area contributed by atoms with Crippen LogP contribution in [-0.2, 0) is 35.3 Å². The van der Waals surface area contributed by atoms with Crippen LogP contribution < -0.4 is 4.90 Å². The molecule has 0 fully saturated rings. The van der Waals surface area contributed by atoms with Gasteiger partial charge in [-0.2, -0.15) is 0 Å². The zero-order valence-corrected chi connectivity index (χ0v) is 20.3. The average Bonchev–Trinajstić information content (AvgIpc) is 3.12. The minimum atomic E-state index is -0.318. The highest BCUT2D eigenvalue weighted by atomic mass is 35.5. The molecule has 0 spiro atoms. The molecule has 0 N–H and O–H groups in total. The van der Waals surface area contributed by atoms with Crippen molar-refractivity contribution in [3.8, 4) is 0 Å². The van der Waals surface area contributed by atoms with Crippen LogP contribution in [0.3, 0.4) is 0 Å². The predicted octanol–water partition coefficient (Wildman–Crippen LogP) is 6.70. The van der Waals surface area contributed by atoms with Crippen LogP contribution in [0.2, 0.25) is 15.1 Å². The van der Waals surface area contributed by atoms with E-state index < -0.39 is 0 Å². The van der Waals surface area contributed by atoms with Crippen molar-refractivity contribution in [1.29, 1.82) is 0 Å². The zero-order chi connectivity index (χ0) is 23.5. The molecule has 4 rings (SSSR count). The molecule has 1 aliphatic rings. The van der Waals surface area contributed by atoms with Gasteiger partial charge in [0.15, 0.2) is 0 Å². The molecule has 0 atom stereocenters. The van der Waals surface area contributed by atoms with Crippen molar-refractivity contribution in [3.63, 3.8) is 0 Å². The van der Waals surface area contributed by atoms with E-state index in [0.29, 0.717) is 45.9 Å². The number of ether oxygens (including phenoxy) is 1.